The highest BCUT2D eigenvalue weighted by atomic mass is 16.3. The van der Waals surface area contributed by atoms with E-state index in [0.29, 0.717) is 0 Å². The summed E-state index contributed by atoms with van der Waals surface area (Å²) in [5.41, 5.74) is 3.11. The van der Waals surface area contributed by atoms with E-state index in [0.717, 1.165) is 36.3 Å². The predicted molar refractivity (Wildman–Crippen MR) is 64.5 cm³/mol. The number of aliphatic hydroxyl groups excluding tert-OH is 1. The van der Waals surface area contributed by atoms with E-state index < -0.39 is 0 Å². The number of aromatic nitrogens is 2. The van der Waals surface area contributed by atoms with Gasteiger partial charge in [-0.25, -0.2) is 4.98 Å². The molecule has 1 N–H and O–H groups in total. The van der Waals surface area contributed by atoms with Crippen LogP contribution < -0.4 is 0 Å². The normalized spacial score (nSPS) is 11.2. The third-order valence-electron chi connectivity index (χ3n) is 2.88. The zero-order valence-electron chi connectivity index (χ0n) is 9.90. The molecule has 2 aromatic rings. The molecule has 0 saturated carbocycles. The van der Waals surface area contributed by atoms with Crippen LogP contribution in [0.1, 0.15) is 37.4 Å². The fraction of sp³-hybridized carbons (Fsp3) is 0.462. The molecule has 2 rings (SSSR count). The quantitative estimate of drug-likeness (QED) is 0.855. The molecular formula is C13H18N2O. The monoisotopic (exact) mass is 218 g/mol. The largest absolute Gasteiger partial charge is 0.390 e. The second-order valence-electron chi connectivity index (χ2n) is 4.03. The number of hydrogen-bond acceptors (Lipinski definition) is 2. The van der Waals surface area contributed by atoms with Gasteiger partial charge in [0.1, 0.15) is 5.82 Å². The summed E-state index contributed by atoms with van der Waals surface area (Å²) in [5, 5.41) is 9.27. The maximum atomic E-state index is 9.27. The van der Waals surface area contributed by atoms with Crippen LogP contribution in [0.25, 0.3) is 5.52 Å². The lowest BCUT2D eigenvalue weighted by molar-refractivity contribution is 0.279. The van der Waals surface area contributed by atoms with E-state index in [1.54, 1.807) is 0 Å². The van der Waals surface area contributed by atoms with Crippen molar-refractivity contribution in [2.75, 3.05) is 0 Å². The second-order valence-corrected chi connectivity index (χ2v) is 4.03. The highest BCUT2D eigenvalue weighted by molar-refractivity contribution is 5.53. The maximum absolute atomic E-state index is 9.27. The van der Waals surface area contributed by atoms with E-state index in [1.165, 1.54) is 5.56 Å². The molecule has 0 saturated heterocycles. The zero-order valence-corrected chi connectivity index (χ0v) is 9.90. The molecule has 0 aliphatic heterocycles. The molecule has 0 fully saturated rings. The molecule has 2 aromatic heterocycles. The predicted octanol–water partition coefficient (Wildman–Crippen LogP) is 2.34. The number of imidazole rings is 1. The first kappa shape index (κ1) is 11.1. The molecule has 0 spiro atoms. The second kappa shape index (κ2) is 4.66. The van der Waals surface area contributed by atoms with E-state index >= 15 is 0 Å². The van der Waals surface area contributed by atoms with Crippen LogP contribution in [0.2, 0.25) is 0 Å². The van der Waals surface area contributed by atoms with Crippen LogP contribution in [0.5, 0.6) is 0 Å². The number of fused-ring (bicyclic) bond motifs is 1. The number of hydrogen-bond donors (Lipinski definition) is 1. The topological polar surface area (TPSA) is 37.5 Å². The lowest BCUT2D eigenvalue weighted by atomic mass is 10.2. The number of rotatable bonds is 4. The highest BCUT2D eigenvalue weighted by Gasteiger charge is 2.09. The molecule has 0 amide bonds. The Morgan fingerprint density at radius 3 is 2.75 bits per heavy atom. The standard InChI is InChI=1S/C13H18N2O/c1-3-5-13-14-11(9-16)12-7-6-10(4-2)8-15(12)13/h6-8,16H,3-5,9H2,1-2H3. The van der Waals surface area contributed by atoms with Gasteiger partial charge in [-0.1, -0.05) is 19.9 Å². The molecule has 0 aliphatic rings. The molecule has 0 radical (unpaired) electrons. The summed E-state index contributed by atoms with van der Waals surface area (Å²) in [6.45, 7) is 4.30. The van der Waals surface area contributed by atoms with Gasteiger partial charge in [-0.15, -0.1) is 0 Å². The highest BCUT2D eigenvalue weighted by Crippen LogP contribution is 2.16. The van der Waals surface area contributed by atoms with Gasteiger partial charge in [-0.05, 0) is 24.5 Å². The summed E-state index contributed by atoms with van der Waals surface area (Å²) in [6.07, 6.45) is 5.18. The van der Waals surface area contributed by atoms with Gasteiger partial charge in [-0.3, -0.25) is 0 Å². The first-order chi connectivity index (χ1) is 7.80. The van der Waals surface area contributed by atoms with E-state index in [2.05, 4.69) is 41.6 Å². The molecule has 0 unspecified atom stereocenters. The number of nitrogens with zero attached hydrogens (tertiary/aromatic N) is 2. The summed E-state index contributed by atoms with van der Waals surface area (Å²) in [5.74, 6) is 1.05. The minimum Gasteiger partial charge on any atom is -0.390 e. The van der Waals surface area contributed by atoms with Crippen molar-refractivity contribution < 1.29 is 5.11 Å². The van der Waals surface area contributed by atoms with Crippen LogP contribution in [-0.2, 0) is 19.4 Å². The zero-order chi connectivity index (χ0) is 11.5. The fourth-order valence-corrected chi connectivity index (χ4v) is 1.99. The van der Waals surface area contributed by atoms with Crippen molar-refractivity contribution in [1.29, 1.82) is 0 Å². The SMILES string of the molecule is CCCc1nc(CO)c2ccc(CC)cn12. The Morgan fingerprint density at radius 1 is 1.31 bits per heavy atom. The summed E-state index contributed by atoms with van der Waals surface area (Å²) in [7, 11) is 0. The smallest absolute Gasteiger partial charge is 0.113 e. The van der Waals surface area contributed by atoms with Gasteiger partial charge in [0, 0.05) is 12.6 Å². The van der Waals surface area contributed by atoms with Gasteiger partial charge in [-0.2, -0.15) is 0 Å². The van der Waals surface area contributed by atoms with Crippen LogP contribution in [-0.4, -0.2) is 14.5 Å². The van der Waals surface area contributed by atoms with Crippen LogP contribution in [0.4, 0.5) is 0 Å². The maximum Gasteiger partial charge on any atom is 0.113 e. The number of aliphatic hydroxyl groups is 1. The minimum atomic E-state index is 0.0126. The average Bonchev–Trinajstić information content (AvgIpc) is 2.67. The molecule has 0 bridgehead atoms. The lowest BCUT2D eigenvalue weighted by Crippen LogP contribution is -1.95. The summed E-state index contributed by atoms with van der Waals surface area (Å²) in [6, 6.07) is 4.16. The van der Waals surface area contributed by atoms with Gasteiger partial charge in [0.05, 0.1) is 17.8 Å². The van der Waals surface area contributed by atoms with Gasteiger partial charge in [0.2, 0.25) is 0 Å². The molecule has 86 valence electrons. The van der Waals surface area contributed by atoms with Gasteiger partial charge in [0.15, 0.2) is 0 Å². The van der Waals surface area contributed by atoms with Crippen molar-refractivity contribution in [3.05, 3.63) is 35.4 Å². The molecule has 3 nitrogen and oxygen atoms in total. The van der Waals surface area contributed by atoms with E-state index in [9.17, 15) is 5.11 Å². The van der Waals surface area contributed by atoms with E-state index in [4.69, 9.17) is 0 Å². The Bertz CT molecular complexity index is 488. The summed E-state index contributed by atoms with van der Waals surface area (Å²) in [4.78, 5) is 4.49. The Hall–Kier alpha value is -1.35. The Balaban J connectivity index is 2.60. The molecule has 2 heterocycles. The molecule has 0 atom stereocenters. The van der Waals surface area contributed by atoms with Crippen LogP contribution >= 0.6 is 0 Å². The Kier molecular flexibility index (Phi) is 3.25. The molecule has 0 aliphatic carbocycles. The molecule has 0 aromatic carbocycles. The van der Waals surface area contributed by atoms with Crippen LogP contribution in [0, 0.1) is 0 Å². The van der Waals surface area contributed by atoms with Gasteiger partial charge < -0.3 is 9.51 Å². The average molecular weight is 218 g/mol. The lowest BCUT2D eigenvalue weighted by Gasteiger charge is -2.02. The van der Waals surface area contributed by atoms with Crippen molar-refractivity contribution in [3.8, 4) is 0 Å². The first-order valence-corrected chi connectivity index (χ1v) is 5.89. The van der Waals surface area contributed by atoms with Crippen LogP contribution in [0.3, 0.4) is 0 Å². The van der Waals surface area contributed by atoms with Crippen LogP contribution in [0.15, 0.2) is 18.3 Å². The third-order valence-corrected chi connectivity index (χ3v) is 2.88. The summed E-state index contributed by atoms with van der Waals surface area (Å²) >= 11 is 0. The Labute approximate surface area is 95.8 Å². The molecular weight excluding hydrogens is 200 g/mol. The van der Waals surface area contributed by atoms with Crippen molar-refractivity contribution >= 4 is 5.52 Å². The van der Waals surface area contributed by atoms with Crippen molar-refractivity contribution in [3.63, 3.8) is 0 Å². The number of aryl methyl sites for hydroxylation is 2. The van der Waals surface area contributed by atoms with E-state index in [1.807, 2.05) is 0 Å². The minimum absolute atomic E-state index is 0.0126. The number of pyridine rings is 1. The van der Waals surface area contributed by atoms with Gasteiger partial charge >= 0.3 is 0 Å². The van der Waals surface area contributed by atoms with Crippen molar-refractivity contribution in [2.45, 2.75) is 39.7 Å². The third kappa shape index (κ3) is 1.83. The first-order valence-electron chi connectivity index (χ1n) is 5.89. The summed E-state index contributed by atoms with van der Waals surface area (Å²) < 4.78 is 2.12. The Morgan fingerprint density at radius 2 is 2.12 bits per heavy atom. The van der Waals surface area contributed by atoms with Crippen molar-refractivity contribution in [1.82, 2.24) is 9.38 Å². The van der Waals surface area contributed by atoms with Crippen molar-refractivity contribution in [2.24, 2.45) is 0 Å². The van der Waals surface area contributed by atoms with E-state index in [-0.39, 0.29) is 6.61 Å². The molecule has 3 heteroatoms. The fourth-order valence-electron chi connectivity index (χ4n) is 1.99. The molecule has 16 heavy (non-hydrogen) atoms. The van der Waals surface area contributed by atoms with Gasteiger partial charge in [0.25, 0.3) is 0 Å².